The zero-order valence-electron chi connectivity index (χ0n) is 17.5. The van der Waals surface area contributed by atoms with Gasteiger partial charge in [0.15, 0.2) is 0 Å². The number of aromatic nitrogens is 1. The maximum Gasteiger partial charge on any atom is 0.248 e. The molecule has 3 rings (SSSR count). The van der Waals surface area contributed by atoms with E-state index in [9.17, 15) is 10.1 Å². The first-order valence-corrected chi connectivity index (χ1v) is 9.55. The van der Waals surface area contributed by atoms with Crippen molar-refractivity contribution in [1.82, 2.24) is 4.98 Å². The minimum atomic E-state index is -1.05. The van der Waals surface area contributed by atoms with E-state index in [-0.39, 0.29) is 0 Å². The van der Waals surface area contributed by atoms with Gasteiger partial charge in [0.1, 0.15) is 11.7 Å². The molecule has 1 heterocycles. The summed E-state index contributed by atoms with van der Waals surface area (Å²) in [5.74, 6) is -0.542. The standard InChI is InChI=1S/C24H25N3O3/c1-23(2,15-25)21-18(17-7-6-12-27-14-17)8-5-9-19(21)24(30-4)11-10-16(22(26)28)13-20(24)29-3/h5-14,20H,1-4H3,(H2,26,28). The van der Waals surface area contributed by atoms with Crippen LogP contribution in [0.15, 0.2) is 66.5 Å². The normalized spacial score (nSPS) is 21.0. The Morgan fingerprint density at radius 1 is 1.27 bits per heavy atom. The Labute approximate surface area is 176 Å². The Balaban J connectivity index is 2.34. The molecule has 0 aliphatic heterocycles. The van der Waals surface area contributed by atoms with Gasteiger partial charge in [0.2, 0.25) is 5.91 Å². The van der Waals surface area contributed by atoms with Crippen molar-refractivity contribution >= 4 is 5.91 Å². The van der Waals surface area contributed by atoms with Crippen molar-refractivity contribution < 1.29 is 14.3 Å². The van der Waals surface area contributed by atoms with Gasteiger partial charge < -0.3 is 15.2 Å². The smallest absolute Gasteiger partial charge is 0.248 e. The summed E-state index contributed by atoms with van der Waals surface area (Å²) in [5, 5.41) is 10.0. The molecule has 1 amide bonds. The Hall–Kier alpha value is -3.27. The van der Waals surface area contributed by atoms with E-state index < -0.39 is 23.0 Å². The maximum atomic E-state index is 11.7. The first-order valence-electron chi connectivity index (χ1n) is 9.55. The summed E-state index contributed by atoms with van der Waals surface area (Å²) < 4.78 is 11.8. The van der Waals surface area contributed by atoms with Crippen LogP contribution in [0.5, 0.6) is 0 Å². The van der Waals surface area contributed by atoms with Gasteiger partial charge >= 0.3 is 0 Å². The topological polar surface area (TPSA) is 98.2 Å². The van der Waals surface area contributed by atoms with Gasteiger partial charge in [0.05, 0.1) is 11.5 Å². The Morgan fingerprint density at radius 3 is 2.60 bits per heavy atom. The summed E-state index contributed by atoms with van der Waals surface area (Å²) in [5.41, 5.74) is 7.30. The van der Waals surface area contributed by atoms with Crippen molar-refractivity contribution in [3.05, 3.63) is 77.7 Å². The minimum Gasteiger partial charge on any atom is -0.374 e. The van der Waals surface area contributed by atoms with Crippen LogP contribution in [0.1, 0.15) is 25.0 Å². The quantitative estimate of drug-likeness (QED) is 0.797. The first kappa shape index (κ1) is 21.4. The lowest BCUT2D eigenvalue weighted by molar-refractivity contribution is -0.114. The second-order valence-electron chi connectivity index (χ2n) is 7.68. The molecule has 0 saturated heterocycles. The van der Waals surface area contributed by atoms with Crippen LogP contribution in [0.4, 0.5) is 0 Å². The van der Waals surface area contributed by atoms with Crippen molar-refractivity contribution in [2.24, 2.45) is 5.73 Å². The Kier molecular flexibility index (Phi) is 5.88. The van der Waals surface area contributed by atoms with Crippen LogP contribution in [0, 0.1) is 11.3 Å². The van der Waals surface area contributed by atoms with E-state index in [1.165, 1.54) is 0 Å². The van der Waals surface area contributed by atoms with Crippen molar-refractivity contribution in [1.29, 1.82) is 5.26 Å². The molecule has 2 atom stereocenters. The van der Waals surface area contributed by atoms with Crippen molar-refractivity contribution in [3.63, 3.8) is 0 Å². The lowest BCUT2D eigenvalue weighted by atomic mass is 9.71. The van der Waals surface area contributed by atoms with Gasteiger partial charge in [-0.1, -0.05) is 30.3 Å². The van der Waals surface area contributed by atoms with Crippen LogP contribution >= 0.6 is 0 Å². The van der Waals surface area contributed by atoms with E-state index in [2.05, 4.69) is 11.1 Å². The summed E-state index contributed by atoms with van der Waals surface area (Å²) in [4.78, 5) is 16.0. The number of nitriles is 1. The predicted molar refractivity (Wildman–Crippen MR) is 114 cm³/mol. The fraction of sp³-hybridized carbons (Fsp3) is 0.292. The number of ether oxygens (including phenoxy) is 2. The van der Waals surface area contributed by atoms with Crippen LogP contribution in [0.25, 0.3) is 11.1 Å². The molecule has 1 aromatic carbocycles. The molecule has 1 aliphatic carbocycles. The third-order valence-corrected chi connectivity index (χ3v) is 5.50. The second kappa shape index (κ2) is 8.23. The predicted octanol–water partition coefficient (Wildman–Crippen LogP) is 3.39. The highest BCUT2D eigenvalue weighted by Gasteiger charge is 2.44. The van der Waals surface area contributed by atoms with Gasteiger partial charge in [0, 0.05) is 37.7 Å². The Bertz CT molecular complexity index is 1050. The minimum absolute atomic E-state index is 0.346. The van der Waals surface area contributed by atoms with Crippen LogP contribution in [0.2, 0.25) is 0 Å². The number of primary amides is 1. The van der Waals surface area contributed by atoms with Crippen molar-refractivity contribution in [2.75, 3.05) is 14.2 Å². The number of nitrogens with two attached hydrogens (primary N) is 1. The number of methoxy groups -OCH3 is 2. The van der Waals surface area contributed by atoms with Crippen LogP contribution in [0.3, 0.4) is 0 Å². The number of rotatable bonds is 6. The summed E-state index contributed by atoms with van der Waals surface area (Å²) in [6.07, 6.45) is 7.94. The third kappa shape index (κ3) is 3.54. The zero-order chi connectivity index (χ0) is 21.9. The number of carbonyl (C=O) groups excluding carboxylic acids is 1. The SMILES string of the molecule is COC1C=C(C(N)=O)C=CC1(OC)c1cccc(-c2cccnc2)c1C(C)(C)C#N. The molecule has 2 N–H and O–H groups in total. The van der Waals surface area contributed by atoms with Gasteiger partial charge in [0.25, 0.3) is 0 Å². The number of hydrogen-bond acceptors (Lipinski definition) is 5. The maximum absolute atomic E-state index is 11.7. The van der Waals surface area contributed by atoms with Gasteiger partial charge in [-0.05, 0) is 48.8 Å². The molecule has 0 spiro atoms. The van der Waals surface area contributed by atoms with Crippen molar-refractivity contribution in [2.45, 2.75) is 31.0 Å². The van der Waals surface area contributed by atoms with E-state index in [0.29, 0.717) is 5.57 Å². The summed E-state index contributed by atoms with van der Waals surface area (Å²) in [7, 11) is 3.13. The molecule has 0 fully saturated rings. The molecule has 1 aliphatic rings. The lowest BCUT2D eigenvalue weighted by Gasteiger charge is -2.40. The number of benzene rings is 1. The lowest BCUT2D eigenvalue weighted by Crippen LogP contribution is -2.44. The molecular weight excluding hydrogens is 378 g/mol. The van der Waals surface area contributed by atoms with E-state index in [1.54, 1.807) is 44.8 Å². The number of pyridine rings is 1. The summed E-state index contributed by atoms with van der Waals surface area (Å²) in [6.45, 7) is 3.74. The highest BCUT2D eigenvalue weighted by molar-refractivity contribution is 5.95. The first-order chi connectivity index (χ1) is 14.3. The van der Waals surface area contributed by atoms with E-state index in [4.69, 9.17) is 15.2 Å². The van der Waals surface area contributed by atoms with E-state index in [1.807, 2.05) is 44.2 Å². The largest absolute Gasteiger partial charge is 0.374 e. The van der Waals surface area contributed by atoms with Crippen LogP contribution < -0.4 is 5.73 Å². The molecule has 0 saturated carbocycles. The molecule has 0 bridgehead atoms. The monoisotopic (exact) mass is 403 g/mol. The van der Waals surface area contributed by atoms with Gasteiger partial charge in [-0.2, -0.15) is 5.26 Å². The fourth-order valence-corrected chi connectivity index (χ4v) is 3.97. The summed E-state index contributed by atoms with van der Waals surface area (Å²) in [6, 6.07) is 12.1. The third-order valence-electron chi connectivity index (χ3n) is 5.50. The van der Waals surface area contributed by atoms with Crippen LogP contribution in [-0.4, -0.2) is 31.2 Å². The molecule has 30 heavy (non-hydrogen) atoms. The number of nitrogens with zero attached hydrogens (tertiary/aromatic N) is 2. The Morgan fingerprint density at radius 2 is 2.03 bits per heavy atom. The molecule has 0 radical (unpaired) electrons. The fourth-order valence-electron chi connectivity index (χ4n) is 3.97. The number of carbonyl (C=O) groups is 1. The molecular formula is C24H25N3O3. The molecule has 6 nitrogen and oxygen atoms in total. The molecule has 2 unspecified atom stereocenters. The highest BCUT2D eigenvalue weighted by atomic mass is 16.5. The molecule has 6 heteroatoms. The highest BCUT2D eigenvalue weighted by Crippen LogP contribution is 2.45. The van der Waals surface area contributed by atoms with Gasteiger partial charge in [-0.15, -0.1) is 0 Å². The molecule has 1 aromatic heterocycles. The average Bonchev–Trinajstić information content (AvgIpc) is 2.78. The van der Waals surface area contributed by atoms with Gasteiger partial charge in [-0.25, -0.2) is 0 Å². The van der Waals surface area contributed by atoms with E-state index in [0.717, 1.165) is 22.3 Å². The number of amides is 1. The summed E-state index contributed by atoms with van der Waals surface area (Å²) >= 11 is 0. The van der Waals surface area contributed by atoms with Crippen molar-refractivity contribution in [3.8, 4) is 17.2 Å². The zero-order valence-corrected chi connectivity index (χ0v) is 17.5. The van der Waals surface area contributed by atoms with E-state index >= 15 is 0 Å². The number of hydrogen-bond donors (Lipinski definition) is 1. The van der Waals surface area contributed by atoms with Gasteiger partial charge in [-0.3, -0.25) is 9.78 Å². The van der Waals surface area contributed by atoms with Crippen LogP contribution in [-0.2, 0) is 25.3 Å². The molecule has 2 aromatic rings. The molecule has 154 valence electrons. The average molecular weight is 403 g/mol. The second-order valence-corrected chi connectivity index (χ2v) is 7.68.